The summed E-state index contributed by atoms with van der Waals surface area (Å²) < 4.78 is 12.4. The third-order valence-electron chi connectivity index (χ3n) is 4.28. The Bertz CT molecular complexity index is 897. The number of methoxy groups -OCH3 is 2. The molecule has 0 aliphatic heterocycles. The number of nitrogens with zero attached hydrogens (tertiary/aromatic N) is 3. The second-order valence-electron chi connectivity index (χ2n) is 6.03. The molecule has 0 unspecified atom stereocenters. The lowest BCUT2D eigenvalue weighted by Crippen LogP contribution is -2.13. The van der Waals surface area contributed by atoms with Gasteiger partial charge in [0.05, 0.1) is 14.2 Å². The monoisotopic (exact) mass is 366 g/mol. The lowest BCUT2D eigenvalue weighted by Gasteiger charge is -2.12. The summed E-state index contributed by atoms with van der Waals surface area (Å²) in [5.41, 5.74) is 2.47. The molecule has 27 heavy (non-hydrogen) atoms. The van der Waals surface area contributed by atoms with E-state index in [2.05, 4.69) is 15.4 Å². The van der Waals surface area contributed by atoms with E-state index >= 15 is 0 Å². The number of aromatic nitrogens is 3. The molecule has 7 nitrogen and oxygen atoms in total. The topological polar surface area (TPSA) is 78.3 Å². The number of hydrogen-bond acceptors (Lipinski definition) is 5. The van der Waals surface area contributed by atoms with E-state index in [0.717, 1.165) is 12.0 Å². The van der Waals surface area contributed by atoms with Gasteiger partial charge in [-0.1, -0.05) is 0 Å². The third kappa shape index (κ3) is 4.44. The van der Waals surface area contributed by atoms with Gasteiger partial charge in [0.25, 0.3) is 5.91 Å². The first-order valence-electron chi connectivity index (χ1n) is 8.57. The van der Waals surface area contributed by atoms with Crippen LogP contribution in [0.2, 0.25) is 0 Å². The Morgan fingerprint density at radius 1 is 1.11 bits per heavy atom. The van der Waals surface area contributed by atoms with Gasteiger partial charge in [0, 0.05) is 42.3 Å². The fourth-order valence-corrected chi connectivity index (χ4v) is 2.75. The number of aryl methyl sites for hydroxylation is 2. The molecule has 140 valence electrons. The van der Waals surface area contributed by atoms with E-state index in [1.54, 1.807) is 49.5 Å². The van der Waals surface area contributed by atoms with Gasteiger partial charge in [-0.15, -0.1) is 0 Å². The average molecular weight is 366 g/mol. The minimum atomic E-state index is -0.272. The maximum Gasteiger partial charge on any atom is 0.257 e. The van der Waals surface area contributed by atoms with Crippen molar-refractivity contribution in [1.29, 1.82) is 0 Å². The molecule has 0 aliphatic carbocycles. The van der Waals surface area contributed by atoms with Gasteiger partial charge in [-0.3, -0.25) is 14.5 Å². The van der Waals surface area contributed by atoms with Crippen molar-refractivity contribution in [3.8, 4) is 11.5 Å². The Hall–Kier alpha value is -3.35. The maximum absolute atomic E-state index is 12.6. The maximum atomic E-state index is 12.6. The molecule has 1 aromatic carbocycles. The highest BCUT2D eigenvalue weighted by Gasteiger charge is 2.14. The van der Waals surface area contributed by atoms with E-state index in [1.807, 2.05) is 25.3 Å². The van der Waals surface area contributed by atoms with Gasteiger partial charge in [0.1, 0.15) is 11.5 Å². The van der Waals surface area contributed by atoms with E-state index in [1.165, 1.54) is 5.56 Å². The number of anilines is 1. The summed E-state index contributed by atoms with van der Waals surface area (Å²) in [7, 11) is 3.13. The van der Waals surface area contributed by atoms with Crippen molar-refractivity contribution in [2.24, 2.45) is 0 Å². The molecule has 3 rings (SSSR count). The van der Waals surface area contributed by atoms with E-state index in [-0.39, 0.29) is 5.91 Å². The zero-order valence-electron chi connectivity index (χ0n) is 15.6. The molecular formula is C20H22N4O3. The summed E-state index contributed by atoms with van der Waals surface area (Å²) in [6.07, 6.45) is 6.22. The van der Waals surface area contributed by atoms with Crippen LogP contribution >= 0.6 is 0 Å². The zero-order valence-corrected chi connectivity index (χ0v) is 15.6. The Morgan fingerprint density at radius 2 is 1.78 bits per heavy atom. The van der Waals surface area contributed by atoms with Crippen LogP contribution in [0.4, 0.5) is 5.82 Å². The molecule has 0 aliphatic rings. The normalized spacial score (nSPS) is 10.5. The van der Waals surface area contributed by atoms with Crippen LogP contribution < -0.4 is 14.8 Å². The average Bonchev–Trinajstić information content (AvgIpc) is 3.14. The first-order valence-corrected chi connectivity index (χ1v) is 8.57. The van der Waals surface area contributed by atoms with Crippen LogP contribution in [0.5, 0.6) is 11.5 Å². The number of benzene rings is 1. The Balaban J connectivity index is 1.67. The highest BCUT2D eigenvalue weighted by molar-refractivity contribution is 6.04. The second-order valence-corrected chi connectivity index (χ2v) is 6.03. The first-order chi connectivity index (χ1) is 13.1. The summed E-state index contributed by atoms with van der Waals surface area (Å²) in [6.45, 7) is 2.59. The fraction of sp³-hybridized carbons (Fsp3) is 0.250. The van der Waals surface area contributed by atoms with Gasteiger partial charge in [-0.2, -0.15) is 5.10 Å². The number of amides is 1. The number of nitrogens with one attached hydrogen (secondary N) is 1. The Kier molecular flexibility index (Phi) is 5.71. The number of hydrogen-bond donors (Lipinski definition) is 1. The van der Waals surface area contributed by atoms with Gasteiger partial charge in [-0.25, -0.2) is 0 Å². The quantitative estimate of drug-likeness (QED) is 0.695. The van der Waals surface area contributed by atoms with Crippen LogP contribution in [0.3, 0.4) is 0 Å². The molecule has 0 spiro atoms. The standard InChI is InChI=1S/C20H22N4O3/c1-14-17(26-2)12-16(13-18(14)27-3)20(25)22-19-7-11-24(23-19)10-6-15-4-8-21-9-5-15/h4-5,7-9,11-13H,6,10H2,1-3H3,(H,22,23,25). The van der Waals surface area contributed by atoms with E-state index in [0.29, 0.717) is 29.4 Å². The van der Waals surface area contributed by atoms with Crippen molar-refractivity contribution in [2.75, 3.05) is 19.5 Å². The molecular weight excluding hydrogens is 344 g/mol. The lowest BCUT2D eigenvalue weighted by atomic mass is 10.1. The lowest BCUT2D eigenvalue weighted by molar-refractivity contribution is 0.102. The highest BCUT2D eigenvalue weighted by Crippen LogP contribution is 2.29. The molecule has 0 saturated heterocycles. The summed E-state index contributed by atoms with van der Waals surface area (Å²) in [5, 5.41) is 7.21. The van der Waals surface area contributed by atoms with Crippen molar-refractivity contribution >= 4 is 11.7 Å². The zero-order chi connectivity index (χ0) is 19.2. The molecule has 0 bridgehead atoms. The van der Waals surface area contributed by atoms with Crippen LogP contribution in [-0.4, -0.2) is 34.9 Å². The fourth-order valence-electron chi connectivity index (χ4n) is 2.75. The van der Waals surface area contributed by atoms with Crippen LogP contribution in [0.1, 0.15) is 21.5 Å². The summed E-state index contributed by atoms with van der Waals surface area (Å²) >= 11 is 0. The number of carbonyl (C=O) groups is 1. The van der Waals surface area contributed by atoms with Gasteiger partial charge in [0.15, 0.2) is 5.82 Å². The number of pyridine rings is 1. The first kappa shape index (κ1) is 18.4. The smallest absolute Gasteiger partial charge is 0.257 e. The Labute approximate surface area is 158 Å². The summed E-state index contributed by atoms with van der Waals surface area (Å²) in [4.78, 5) is 16.6. The van der Waals surface area contributed by atoms with Crippen molar-refractivity contribution in [1.82, 2.24) is 14.8 Å². The number of ether oxygens (including phenoxy) is 2. The van der Waals surface area contributed by atoms with Gasteiger partial charge < -0.3 is 14.8 Å². The molecule has 0 fully saturated rings. The van der Waals surface area contributed by atoms with Crippen LogP contribution in [-0.2, 0) is 13.0 Å². The van der Waals surface area contributed by atoms with E-state index < -0.39 is 0 Å². The van der Waals surface area contributed by atoms with Gasteiger partial charge in [0.2, 0.25) is 0 Å². The van der Waals surface area contributed by atoms with Crippen LogP contribution in [0.15, 0.2) is 48.9 Å². The molecule has 0 saturated carbocycles. The van der Waals surface area contributed by atoms with Crippen LogP contribution in [0, 0.1) is 6.92 Å². The third-order valence-corrected chi connectivity index (χ3v) is 4.28. The molecule has 2 heterocycles. The number of rotatable bonds is 7. The van der Waals surface area contributed by atoms with Crippen molar-refractivity contribution < 1.29 is 14.3 Å². The molecule has 7 heteroatoms. The molecule has 1 amide bonds. The molecule has 2 aromatic heterocycles. The van der Waals surface area contributed by atoms with E-state index in [9.17, 15) is 4.79 Å². The van der Waals surface area contributed by atoms with Crippen LogP contribution in [0.25, 0.3) is 0 Å². The molecule has 0 atom stereocenters. The Morgan fingerprint density at radius 3 is 2.41 bits per heavy atom. The van der Waals surface area contributed by atoms with E-state index in [4.69, 9.17) is 9.47 Å². The summed E-state index contributed by atoms with van der Waals surface area (Å²) in [6, 6.07) is 9.10. The predicted molar refractivity (Wildman–Crippen MR) is 102 cm³/mol. The van der Waals surface area contributed by atoms with Gasteiger partial charge in [-0.05, 0) is 43.2 Å². The predicted octanol–water partition coefficient (Wildman–Crippen LogP) is 3.10. The molecule has 0 radical (unpaired) electrons. The molecule has 3 aromatic rings. The molecule has 1 N–H and O–H groups in total. The largest absolute Gasteiger partial charge is 0.496 e. The van der Waals surface area contributed by atoms with Crippen molar-refractivity contribution in [2.45, 2.75) is 19.9 Å². The van der Waals surface area contributed by atoms with Crippen molar-refractivity contribution in [3.63, 3.8) is 0 Å². The number of carbonyl (C=O) groups excluding carboxylic acids is 1. The van der Waals surface area contributed by atoms with Gasteiger partial charge >= 0.3 is 0 Å². The highest BCUT2D eigenvalue weighted by atomic mass is 16.5. The SMILES string of the molecule is COc1cc(C(=O)Nc2ccn(CCc3ccncc3)n2)cc(OC)c1C. The summed E-state index contributed by atoms with van der Waals surface area (Å²) in [5.74, 6) is 1.42. The minimum absolute atomic E-state index is 0.272. The van der Waals surface area contributed by atoms with Crippen molar-refractivity contribution in [3.05, 3.63) is 65.6 Å². The minimum Gasteiger partial charge on any atom is -0.496 e. The second kappa shape index (κ2) is 8.35.